The van der Waals surface area contributed by atoms with E-state index in [-0.39, 0.29) is 5.91 Å². The molecule has 0 aromatic heterocycles. The number of likely N-dealkylation sites (tertiary alicyclic amines) is 2. The highest BCUT2D eigenvalue weighted by atomic mass is 31.2. The van der Waals surface area contributed by atoms with Crippen LogP contribution in [0.4, 0.5) is 0 Å². The van der Waals surface area contributed by atoms with E-state index >= 15 is 4.79 Å². The molecular weight excluding hydrogens is 603 g/mol. The molecule has 2 heterocycles. The van der Waals surface area contributed by atoms with Crippen molar-refractivity contribution in [3.63, 3.8) is 0 Å². The van der Waals surface area contributed by atoms with Crippen molar-refractivity contribution in [2.45, 2.75) is 43.0 Å². The average Bonchev–Trinajstić information content (AvgIpc) is 3.83. The first-order valence-electron chi connectivity index (χ1n) is 16.4. The maximum absolute atomic E-state index is 15.0. The van der Waals surface area contributed by atoms with E-state index in [9.17, 15) is 4.57 Å². The molecule has 5 aromatic carbocycles. The Labute approximate surface area is 277 Å². The Morgan fingerprint density at radius 1 is 0.574 bits per heavy atom. The highest BCUT2D eigenvalue weighted by molar-refractivity contribution is 7.55. The van der Waals surface area contributed by atoms with Crippen molar-refractivity contribution in [1.29, 1.82) is 0 Å². The summed E-state index contributed by atoms with van der Waals surface area (Å²) in [6.07, 6.45) is 2.79. The molecule has 7 heteroatoms. The van der Waals surface area contributed by atoms with Crippen molar-refractivity contribution in [3.8, 4) is 11.5 Å². The van der Waals surface area contributed by atoms with Gasteiger partial charge in [0, 0.05) is 13.1 Å². The van der Waals surface area contributed by atoms with Gasteiger partial charge in [-0.1, -0.05) is 127 Å². The van der Waals surface area contributed by atoms with Gasteiger partial charge >= 0.3 is 7.60 Å². The van der Waals surface area contributed by atoms with E-state index < -0.39 is 25.0 Å². The summed E-state index contributed by atoms with van der Waals surface area (Å²) in [5.74, 6) is 0.137. The van der Waals surface area contributed by atoms with Gasteiger partial charge in [-0.05, 0) is 66.6 Å². The number of benzene rings is 5. The Bertz CT molecular complexity index is 1660. The molecule has 5 aromatic rings. The van der Waals surface area contributed by atoms with Crippen molar-refractivity contribution in [2.24, 2.45) is 0 Å². The molecule has 0 N–H and O–H groups in total. The molecule has 1 amide bonds. The quantitative estimate of drug-likeness (QED) is 0.113. The summed E-state index contributed by atoms with van der Waals surface area (Å²) in [6.45, 7) is 1.22. The van der Waals surface area contributed by atoms with Crippen LogP contribution in [0.2, 0.25) is 0 Å². The molecule has 0 bridgehead atoms. The fourth-order valence-electron chi connectivity index (χ4n) is 7.38. The third-order valence-corrected chi connectivity index (χ3v) is 11.6. The van der Waals surface area contributed by atoms with Crippen molar-refractivity contribution in [1.82, 2.24) is 9.80 Å². The standard InChI is InChI=1S/C40H39N2O4P/c43-39(41-30-17-29-38(41)47(44,45-35-24-12-4-13-25-35)46-36-26-14-5-15-27-36)37-28-16-31-42(37)40(32-18-6-1-7-19-32,33-20-8-2-9-21-33)34-22-10-3-11-23-34/h1-15,18-27,37-38H,16-17,28-31H2/t37-,38+/m0/s1. The van der Waals surface area contributed by atoms with Crippen molar-refractivity contribution >= 4 is 13.5 Å². The molecule has 0 spiro atoms. The molecule has 2 saturated heterocycles. The largest absolute Gasteiger partial charge is 0.453 e. The minimum absolute atomic E-state index is 0.0364. The maximum Gasteiger partial charge on any atom is 0.453 e. The van der Waals surface area contributed by atoms with Crippen LogP contribution in [-0.2, 0) is 14.9 Å². The van der Waals surface area contributed by atoms with Crippen LogP contribution >= 0.6 is 7.60 Å². The molecule has 2 aliphatic heterocycles. The summed E-state index contributed by atoms with van der Waals surface area (Å²) in [4.78, 5) is 19.2. The molecule has 7 rings (SSSR count). The summed E-state index contributed by atoms with van der Waals surface area (Å²) in [7, 11) is -3.91. The summed E-state index contributed by atoms with van der Waals surface area (Å²) >= 11 is 0. The Hall–Kier alpha value is -4.64. The first-order valence-corrected chi connectivity index (χ1v) is 18.0. The summed E-state index contributed by atoms with van der Waals surface area (Å²) < 4.78 is 27.5. The predicted octanol–water partition coefficient (Wildman–Crippen LogP) is 8.74. The normalized spacial score (nSPS) is 18.6. The molecule has 0 unspecified atom stereocenters. The zero-order valence-electron chi connectivity index (χ0n) is 26.3. The van der Waals surface area contributed by atoms with Gasteiger partial charge in [-0.2, -0.15) is 0 Å². The molecule has 6 nitrogen and oxygen atoms in total. The second kappa shape index (κ2) is 13.6. The van der Waals surface area contributed by atoms with Crippen molar-refractivity contribution < 1.29 is 18.4 Å². The predicted molar refractivity (Wildman–Crippen MR) is 185 cm³/mol. The Morgan fingerprint density at radius 2 is 0.979 bits per heavy atom. The topological polar surface area (TPSA) is 59.1 Å². The maximum atomic E-state index is 15.0. The molecule has 0 aliphatic carbocycles. The third-order valence-electron chi connectivity index (χ3n) is 9.36. The van der Waals surface area contributed by atoms with Gasteiger partial charge in [-0.25, -0.2) is 4.57 Å². The highest BCUT2D eigenvalue weighted by Crippen LogP contribution is 2.57. The van der Waals surface area contributed by atoms with Gasteiger partial charge in [0.2, 0.25) is 5.91 Å². The van der Waals surface area contributed by atoms with E-state index in [2.05, 4.69) is 77.7 Å². The molecular formula is C40H39N2O4P. The second-order valence-electron chi connectivity index (χ2n) is 12.2. The van der Waals surface area contributed by atoms with Gasteiger partial charge < -0.3 is 13.9 Å². The van der Waals surface area contributed by atoms with Crippen molar-refractivity contribution in [3.05, 3.63) is 168 Å². The van der Waals surface area contributed by atoms with Crippen molar-refractivity contribution in [2.75, 3.05) is 13.1 Å². The van der Waals surface area contributed by atoms with Crippen LogP contribution in [-0.4, -0.2) is 40.6 Å². The number of hydrogen-bond donors (Lipinski definition) is 0. The molecule has 238 valence electrons. The number of nitrogens with zero attached hydrogens (tertiary/aromatic N) is 2. The SMILES string of the molecule is O=C([C@@H]1CCCN1C(c1ccccc1)(c1ccccc1)c1ccccc1)N1CCC[C@H]1P(=O)(Oc1ccccc1)Oc1ccccc1. The first kappa shape index (κ1) is 31.0. The molecule has 2 atom stereocenters. The fourth-order valence-corrected chi connectivity index (χ4v) is 9.56. The zero-order valence-corrected chi connectivity index (χ0v) is 27.2. The summed E-state index contributed by atoms with van der Waals surface area (Å²) in [5.41, 5.74) is 2.57. The van der Waals surface area contributed by atoms with Gasteiger partial charge in [-0.15, -0.1) is 0 Å². The van der Waals surface area contributed by atoms with Gasteiger partial charge in [0.1, 0.15) is 11.5 Å². The van der Waals surface area contributed by atoms with E-state index in [4.69, 9.17) is 9.05 Å². The molecule has 0 saturated carbocycles. The van der Waals surface area contributed by atoms with Gasteiger partial charge in [0.05, 0.1) is 11.6 Å². The van der Waals surface area contributed by atoms with E-state index in [0.29, 0.717) is 37.3 Å². The van der Waals surface area contributed by atoms with Gasteiger partial charge in [0.15, 0.2) is 5.78 Å². The number of carbonyl (C=O) groups excluding carboxylic acids is 1. The zero-order chi connectivity index (χ0) is 32.1. The lowest BCUT2D eigenvalue weighted by Crippen LogP contribution is -2.56. The first-order chi connectivity index (χ1) is 23.1. The van der Waals surface area contributed by atoms with E-state index in [1.807, 2.05) is 54.6 Å². The van der Waals surface area contributed by atoms with E-state index in [0.717, 1.165) is 29.7 Å². The second-order valence-corrected chi connectivity index (χ2v) is 14.2. The Kier molecular flexibility index (Phi) is 8.97. The molecule has 2 aliphatic rings. The lowest BCUT2D eigenvalue weighted by atomic mass is 9.75. The Morgan fingerprint density at radius 3 is 1.43 bits per heavy atom. The van der Waals surface area contributed by atoms with Crippen LogP contribution in [0.1, 0.15) is 42.4 Å². The van der Waals surface area contributed by atoms with E-state index in [1.165, 1.54) is 0 Å². The Balaban J connectivity index is 1.30. The van der Waals surface area contributed by atoms with Crippen LogP contribution in [0.5, 0.6) is 11.5 Å². The lowest BCUT2D eigenvalue weighted by molar-refractivity contribution is -0.137. The van der Waals surface area contributed by atoms with Gasteiger partial charge in [-0.3, -0.25) is 9.69 Å². The number of rotatable bonds is 10. The molecule has 47 heavy (non-hydrogen) atoms. The summed E-state index contributed by atoms with van der Waals surface area (Å²) in [6, 6.07) is 49.2. The minimum Gasteiger partial charge on any atom is -0.415 e. The lowest BCUT2D eigenvalue weighted by Gasteiger charge is -2.47. The van der Waals surface area contributed by atoms with Crippen LogP contribution < -0.4 is 9.05 Å². The number of amides is 1. The third kappa shape index (κ3) is 6.00. The van der Waals surface area contributed by atoms with Crippen LogP contribution in [0.3, 0.4) is 0 Å². The number of para-hydroxylation sites is 2. The van der Waals surface area contributed by atoms with Crippen LogP contribution in [0.25, 0.3) is 0 Å². The smallest absolute Gasteiger partial charge is 0.415 e. The highest BCUT2D eigenvalue weighted by Gasteiger charge is 2.53. The summed E-state index contributed by atoms with van der Waals surface area (Å²) in [5, 5.41) is 0. The van der Waals surface area contributed by atoms with E-state index in [1.54, 1.807) is 29.2 Å². The van der Waals surface area contributed by atoms with Gasteiger partial charge in [0.25, 0.3) is 0 Å². The number of hydrogen-bond acceptors (Lipinski definition) is 5. The molecule has 0 radical (unpaired) electrons. The fraction of sp³-hybridized carbons (Fsp3) is 0.225. The minimum atomic E-state index is -3.91. The van der Waals surface area contributed by atoms with Crippen LogP contribution in [0, 0.1) is 0 Å². The monoisotopic (exact) mass is 642 g/mol. The van der Waals surface area contributed by atoms with Crippen LogP contribution in [0.15, 0.2) is 152 Å². The number of carbonyl (C=O) groups is 1. The average molecular weight is 643 g/mol. The molecule has 2 fully saturated rings.